The van der Waals surface area contributed by atoms with Gasteiger partial charge in [0.05, 0.1) is 5.56 Å². The molecule has 4 nitrogen and oxygen atoms in total. The molecule has 0 N–H and O–H groups in total. The second-order valence-corrected chi connectivity index (χ2v) is 7.22. The number of esters is 1. The van der Waals surface area contributed by atoms with Crippen molar-refractivity contribution in [2.45, 2.75) is 24.6 Å². The molecule has 0 amide bonds. The highest BCUT2D eigenvalue weighted by molar-refractivity contribution is 5.91. The number of carbonyl (C=O) groups excluding carboxylic acids is 1. The molecule has 0 fully saturated rings. The van der Waals surface area contributed by atoms with Crippen LogP contribution >= 0.6 is 0 Å². The first-order chi connectivity index (χ1) is 16.4. The van der Waals surface area contributed by atoms with Gasteiger partial charge in [0, 0.05) is 0 Å². The van der Waals surface area contributed by atoms with Gasteiger partial charge in [-0.05, 0) is 54.1 Å². The minimum Gasteiger partial charge on any atom is -0.489 e. The quantitative estimate of drug-likeness (QED) is 0.186. The SMILES string of the molecule is O=C(Oc1ccc(OCc2ccccc2)cc1)c1ccc(OCC(F)(F)C(F)(F)C(F)(F)F)cc1. The Labute approximate surface area is 194 Å². The first kappa shape index (κ1) is 25.9. The van der Waals surface area contributed by atoms with Crippen molar-refractivity contribution in [1.29, 1.82) is 0 Å². The summed E-state index contributed by atoms with van der Waals surface area (Å²) >= 11 is 0. The van der Waals surface area contributed by atoms with E-state index < -0.39 is 36.3 Å². The van der Waals surface area contributed by atoms with Crippen molar-refractivity contribution in [1.82, 2.24) is 0 Å². The molecule has 0 unspecified atom stereocenters. The van der Waals surface area contributed by atoms with Crippen LogP contribution in [0.2, 0.25) is 0 Å². The van der Waals surface area contributed by atoms with E-state index in [0.717, 1.165) is 29.8 Å². The van der Waals surface area contributed by atoms with E-state index in [1.54, 1.807) is 12.1 Å². The maximum Gasteiger partial charge on any atom is 0.460 e. The minimum absolute atomic E-state index is 0.0471. The van der Waals surface area contributed by atoms with Crippen LogP contribution in [0.25, 0.3) is 0 Å². The molecule has 35 heavy (non-hydrogen) atoms. The van der Waals surface area contributed by atoms with Crippen LogP contribution in [0.3, 0.4) is 0 Å². The Bertz CT molecular complexity index is 1110. The fourth-order valence-corrected chi connectivity index (χ4v) is 2.67. The van der Waals surface area contributed by atoms with E-state index in [9.17, 15) is 35.5 Å². The molecule has 3 rings (SSSR count). The second kappa shape index (κ2) is 10.2. The fourth-order valence-electron chi connectivity index (χ4n) is 2.67. The lowest BCUT2D eigenvalue weighted by molar-refractivity contribution is -0.358. The van der Waals surface area contributed by atoms with E-state index in [2.05, 4.69) is 4.74 Å². The van der Waals surface area contributed by atoms with Crippen LogP contribution < -0.4 is 14.2 Å². The summed E-state index contributed by atoms with van der Waals surface area (Å²) in [5.74, 6) is -12.3. The molecular weight excluding hydrogens is 485 g/mol. The molecule has 0 saturated carbocycles. The monoisotopic (exact) mass is 502 g/mol. The van der Waals surface area contributed by atoms with Gasteiger partial charge in [-0.15, -0.1) is 0 Å². The van der Waals surface area contributed by atoms with Gasteiger partial charge in [-0.3, -0.25) is 0 Å². The number of rotatable bonds is 9. The average Bonchev–Trinajstić information content (AvgIpc) is 2.82. The molecule has 0 aliphatic rings. The largest absolute Gasteiger partial charge is 0.489 e. The van der Waals surface area contributed by atoms with Crippen LogP contribution in [-0.4, -0.2) is 30.6 Å². The first-order valence-corrected chi connectivity index (χ1v) is 9.93. The third kappa shape index (κ3) is 6.43. The molecule has 0 radical (unpaired) electrons. The first-order valence-electron chi connectivity index (χ1n) is 9.93. The lowest BCUT2D eigenvalue weighted by Crippen LogP contribution is -2.54. The predicted molar refractivity (Wildman–Crippen MR) is 110 cm³/mol. The van der Waals surface area contributed by atoms with Crippen molar-refractivity contribution in [2.75, 3.05) is 6.61 Å². The smallest absolute Gasteiger partial charge is 0.460 e. The number of ether oxygens (including phenoxy) is 3. The van der Waals surface area contributed by atoms with Crippen LogP contribution in [0.1, 0.15) is 15.9 Å². The molecule has 0 atom stereocenters. The van der Waals surface area contributed by atoms with E-state index in [1.165, 1.54) is 12.1 Å². The second-order valence-electron chi connectivity index (χ2n) is 7.22. The summed E-state index contributed by atoms with van der Waals surface area (Å²) < 4.78 is 104. The van der Waals surface area contributed by atoms with E-state index in [-0.39, 0.29) is 11.3 Å². The standard InChI is InChI=1S/C24H17F7O4/c25-22(26,23(27,28)24(29,30)31)15-34-19-8-6-17(7-9-19)21(32)35-20-12-10-18(11-13-20)33-14-16-4-2-1-3-5-16/h1-13H,14-15H2. The molecule has 3 aromatic rings. The molecule has 0 bridgehead atoms. The van der Waals surface area contributed by atoms with Gasteiger partial charge < -0.3 is 14.2 Å². The van der Waals surface area contributed by atoms with Gasteiger partial charge in [0.2, 0.25) is 0 Å². The molecule has 0 aliphatic heterocycles. The number of carbonyl (C=O) groups is 1. The third-order valence-corrected chi connectivity index (χ3v) is 4.61. The lowest BCUT2D eigenvalue weighted by atomic mass is 10.1. The summed E-state index contributed by atoms with van der Waals surface area (Å²) in [7, 11) is 0. The highest BCUT2D eigenvalue weighted by atomic mass is 19.4. The highest BCUT2D eigenvalue weighted by Crippen LogP contribution is 2.46. The van der Waals surface area contributed by atoms with Gasteiger partial charge in [0.15, 0.2) is 6.61 Å². The normalized spacial score (nSPS) is 12.2. The topological polar surface area (TPSA) is 44.8 Å². The van der Waals surface area contributed by atoms with Gasteiger partial charge in [-0.2, -0.15) is 30.7 Å². The molecule has 11 heteroatoms. The van der Waals surface area contributed by atoms with Crippen molar-refractivity contribution >= 4 is 5.97 Å². The zero-order valence-electron chi connectivity index (χ0n) is 17.7. The maximum atomic E-state index is 13.3. The number of alkyl halides is 7. The van der Waals surface area contributed by atoms with Gasteiger partial charge >= 0.3 is 24.0 Å². The Morgan fingerprint density at radius 1 is 0.657 bits per heavy atom. The molecule has 0 heterocycles. The number of halogens is 7. The van der Waals surface area contributed by atoms with Crippen LogP contribution in [0.15, 0.2) is 78.9 Å². The fraction of sp³-hybridized carbons (Fsp3) is 0.208. The van der Waals surface area contributed by atoms with Gasteiger partial charge in [-0.1, -0.05) is 30.3 Å². The average molecular weight is 502 g/mol. The molecule has 186 valence electrons. The summed E-state index contributed by atoms with van der Waals surface area (Å²) in [4.78, 5) is 12.2. The Kier molecular flexibility index (Phi) is 7.57. The van der Waals surface area contributed by atoms with E-state index in [4.69, 9.17) is 9.47 Å². The Balaban J connectivity index is 1.53. The Morgan fingerprint density at radius 2 is 1.17 bits per heavy atom. The third-order valence-electron chi connectivity index (χ3n) is 4.61. The van der Waals surface area contributed by atoms with Crippen LogP contribution in [0.5, 0.6) is 17.2 Å². The van der Waals surface area contributed by atoms with Crippen LogP contribution in [0.4, 0.5) is 30.7 Å². The number of hydrogen-bond acceptors (Lipinski definition) is 4. The molecular formula is C24H17F7O4. The number of hydrogen-bond donors (Lipinski definition) is 0. The van der Waals surface area contributed by atoms with Crippen molar-refractivity contribution in [3.05, 3.63) is 90.0 Å². The summed E-state index contributed by atoms with van der Waals surface area (Å²) in [5.41, 5.74) is 0.919. The van der Waals surface area contributed by atoms with Crippen molar-refractivity contribution in [2.24, 2.45) is 0 Å². The molecule has 0 spiro atoms. The van der Waals surface area contributed by atoms with E-state index in [1.807, 2.05) is 30.3 Å². The zero-order valence-corrected chi connectivity index (χ0v) is 17.7. The van der Waals surface area contributed by atoms with Crippen molar-refractivity contribution in [3.63, 3.8) is 0 Å². The molecule has 0 aliphatic carbocycles. The maximum absolute atomic E-state index is 13.3. The Morgan fingerprint density at radius 3 is 1.74 bits per heavy atom. The molecule has 0 saturated heterocycles. The summed E-state index contributed by atoms with van der Waals surface area (Å²) in [6.45, 7) is -1.88. The zero-order chi connectivity index (χ0) is 25.7. The van der Waals surface area contributed by atoms with Gasteiger partial charge in [-0.25, -0.2) is 4.79 Å². The highest BCUT2D eigenvalue weighted by Gasteiger charge is 2.73. The van der Waals surface area contributed by atoms with Crippen molar-refractivity contribution < 1.29 is 49.7 Å². The van der Waals surface area contributed by atoms with Gasteiger partial charge in [0.25, 0.3) is 0 Å². The minimum atomic E-state index is -6.44. The van der Waals surface area contributed by atoms with Gasteiger partial charge in [0.1, 0.15) is 23.9 Å². The Hall–Kier alpha value is -3.76. The summed E-state index contributed by atoms with van der Waals surface area (Å²) in [5, 5.41) is 0. The van der Waals surface area contributed by atoms with E-state index >= 15 is 0 Å². The number of benzene rings is 3. The van der Waals surface area contributed by atoms with E-state index in [0.29, 0.717) is 12.4 Å². The summed E-state index contributed by atoms with van der Waals surface area (Å²) in [6, 6.07) is 19.6. The van der Waals surface area contributed by atoms with Crippen molar-refractivity contribution in [3.8, 4) is 17.2 Å². The predicted octanol–water partition coefficient (Wildman–Crippen LogP) is 6.70. The lowest BCUT2D eigenvalue weighted by Gasteiger charge is -2.27. The molecule has 3 aromatic carbocycles. The molecule has 0 aromatic heterocycles. The van der Waals surface area contributed by atoms with Crippen LogP contribution in [-0.2, 0) is 6.61 Å². The van der Waals surface area contributed by atoms with Crippen LogP contribution in [0, 0.1) is 0 Å². The summed E-state index contributed by atoms with van der Waals surface area (Å²) in [6.07, 6.45) is -6.44.